The second-order valence-corrected chi connectivity index (χ2v) is 5.22. The molecule has 0 unspecified atom stereocenters. The highest BCUT2D eigenvalue weighted by Crippen LogP contribution is 2.14. The van der Waals surface area contributed by atoms with Crippen LogP contribution in [0.25, 0.3) is 0 Å². The van der Waals surface area contributed by atoms with Gasteiger partial charge in [0.2, 0.25) is 5.91 Å². The number of benzene rings is 1. The number of carbonyl (C=O) groups excluding carboxylic acids is 3. The summed E-state index contributed by atoms with van der Waals surface area (Å²) >= 11 is 0. The summed E-state index contributed by atoms with van der Waals surface area (Å²) in [4.78, 5) is 35.5. The van der Waals surface area contributed by atoms with E-state index in [-0.39, 0.29) is 18.6 Å². The minimum atomic E-state index is -0.795. The van der Waals surface area contributed by atoms with Crippen LogP contribution in [-0.2, 0) is 25.5 Å². The zero-order chi connectivity index (χ0) is 17.2. The van der Waals surface area contributed by atoms with Gasteiger partial charge in [-0.25, -0.2) is 4.79 Å². The summed E-state index contributed by atoms with van der Waals surface area (Å²) < 4.78 is 4.57. The maximum absolute atomic E-state index is 12.4. The van der Waals surface area contributed by atoms with E-state index in [2.05, 4.69) is 10.1 Å². The Morgan fingerprint density at radius 1 is 1.26 bits per heavy atom. The lowest BCUT2D eigenvalue weighted by Crippen LogP contribution is -2.43. The molecule has 1 aromatic carbocycles. The highest BCUT2D eigenvalue weighted by atomic mass is 16.5. The topological polar surface area (TPSA) is 96.3 Å². The normalized spacial score (nSPS) is 12.6. The number of hydrogen-bond acceptors (Lipinski definition) is 5. The molecule has 0 saturated carbocycles. The van der Waals surface area contributed by atoms with Gasteiger partial charge in [-0.1, -0.05) is 30.3 Å². The number of rotatable bonds is 8. The second-order valence-electron chi connectivity index (χ2n) is 5.22. The molecular weight excluding hydrogens is 296 g/mol. The molecule has 0 bridgehead atoms. The van der Waals surface area contributed by atoms with Crippen molar-refractivity contribution in [3.63, 3.8) is 0 Å². The predicted molar refractivity (Wildman–Crippen MR) is 83.1 cm³/mol. The van der Waals surface area contributed by atoms with Crippen molar-refractivity contribution in [2.24, 2.45) is 5.92 Å². The van der Waals surface area contributed by atoms with Crippen LogP contribution >= 0.6 is 0 Å². The van der Waals surface area contributed by atoms with Crippen LogP contribution in [0.4, 0.5) is 0 Å². The molecule has 0 heterocycles. The monoisotopic (exact) mass is 316 g/mol. The molecule has 1 N–H and O–H groups in total. The molecule has 122 valence electrons. The van der Waals surface area contributed by atoms with Gasteiger partial charge in [0.05, 0.1) is 19.6 Å². The number of esters is 1. The standard InChI is InChI=1S/C17H20N2O4/c1-12(17(22)23-2)19-16(21)14(11-15(20)8-9-18)10-13-6-4-3-5-7-13/h3-7,12,14H,8,10-11H2,1-2H3,(H,19,21)/t12-,14+/m0/s1. The lowest BCUT2D eigenvalue weighted by atomic mass is 9.92. The van der Waals surface area contributed by atoms with Crippen molar-refractivity contribution in [2.45, 2.75) is 32.2 Å². The number of carbonyl (C=O) groups is 3. The van der Waals surface area contributed by atoms with E-state index in [1.807, 2.05) is 30.3 Å². The molecule has 0 saturated heterocycles. The average molecular weight is 316 g/mol. The number of ketones is 1. The summed E-state index contributed by atoms with van der Waals surface area (Å²) in [7, 11) is 1.24. The number of hydrogen-bond donors (Lipinski definition) is 1. The summed E-state index contributed by atoms with van der Waals surface area (Å²) in [5, 5.41) is 11.1. The fourth-order valence-electron chi connectivity index (χ4n) is 2.16. The van der Waals surface area contributed by atoms with Gasteiger partial charge in [-0.05, 0) is 18.9 Å². The van der Waals surface area contributed by atoms with Crippen molar-refractivity contribution >= 4 is 17.7 Å². The summed E-state index contributed by atoms with van der Waals surface area (Å²) in [6.45, 7) is 1.51. The predicted octanol–water partition coefficient (Wildman–Crippen LogP) is 1.40. The van der Waals surface area contributed by atoms with Crippen LogP contribution in [0.5, 0.6) is 0 Å². The molecule has 0 aliphatic carbocycles. The fraction of sp³-hybridized carbons (Fsp3) is 0.412. The Morgan fingerprint density at radius 3 is 2.48 bits per heavy atom. The highest BCUT2D eigenvalue weighted by Gasteiger charge is 2.25. The summed E-state index contributed by atoms with van der Waals surface area (Å²) in [5.41, 5.74) is 0.906. The Hall–Kier alpha value is -2.68. The molecule has 0 aromatic heterocycles. The number of Topliss-reactive ketones (excluding diaryl/α,β-unsaturated/α-hetero) is 1. The van der Waals surface area contributed by atoms with Crippen LogP contribution in [-0.4, -0.2) is 30.8 Å². The minimum absolute atomic E-state index is 0.0395. The van der Waals surface area contributed by atoms with E-state index in [9.17, 15) is 14.4 Å². The first-order chi connectivity index (χ1) is 11.0. The molecule has 0 spiro atoms. The molecule has 0 aliphatic rings. The Labute approximate surface area is 135 Å². The lowest BCUT2D eigenvalue weighted by Gasteiger charge is -2.18. The molecule has 1 aromatic rings. The van der Waals surface area contributed by atoms with Crippen LogP contribution < -0.4 is 5.32 Å². The zero-order valence-corrected chi connectivity index (χ0v) is 13.2. The molecule has 0 radical (unpaired) electrons. The van der Waals surface area contributed by atoms with E-state index in [0.29, 0.717) is 6.42 Å². The Bertz CT molecular complexity index is 592. The van der Waals surface area contributed by atoms with Crippen LogP contribution in [0.15, 0.2) is 30.3 Å². The van der Waals surface area contributed by atoms with Gasteiger partial charge in [0.1, 0.15) is 11.8 Å². The van der Waals surface area contributed by atoms with E-state index >= 15 is 0 Å². The molecule has 1 rings (SSSR count). The SMILES string of the molecule is COC(=O)[C@H](C)NC(=O)[C@@H](CC(=O)CC#N)Cc1ccccc1. The highest BCUT2D eigenvalue weighted by molar-refractivity contribution is 5.90. The van der Waals surface area contributed by atoms with Crippen molar-refractivity contribution in [2.75, 3.05) is 7.11 Å². The van der Waals surface area contributed by atoms with Crippen LogP contribution in [0.3, 0.4) is 0 Å². The van der Waals surface area contributed by atoms with Gasteiger partial charge in [0, 0.05) is 12.3 Å². The van der Waals surface area contributed by atoms with Crippen LogP contribution in [0, 0.1) is 17.2 Å². The molecule has 6 nitrogen and oxygen atoms in total. The van der Waals surface area contributed by atoms with Crippen LogP contribution in [0.1, 0.15) is 25.3 Å². The maximum Gasteiger partial charge on any atom is 0.328 e. The maximum atomic E-state index is 12.4. The van der Waals surface area contributed by atoms with Gasteiger partial charge in [0.25, 0.3) is 0 Å². The second kappa shape index (κ2) is 9.36. The van der Waals surface area contributed by atoms with Crippen molar-refractivity contribution in [3.8, 4) is 6.07 Å². The van der Waals surface area contributed by atoms with Gasteiger partial charge in [-0.3, -0.25) is 9.59 Å². The molecule has 1 amide bonds. The number of ether oxygens (including phenoxy) is 1. The Balaban J connectivity index is 2.81. The first-order valence-corrected chi connectivity index (χ1v) is 7.28. The first kappa shape index (κ1) is 18.4. The fourth-order valence-corrected chi connectivity index (χ4v) is 2.16. The summed E-state index contributed by atoms with van der Waals surface area (Å²) in [6.07, 6.45) is 0.0883. The van der Waals surface area contributed by atoms with E-state index in [4.69, 9.17) is 5.26 Å². The Morgan fingerprint density at radius 2 is 1.91 bits per heavy atom. The molecule has 0 aliphatic heterocycles. The summed E-state index contributed by atoms with van der Waals surface area (Å²) in [6, 6.07) is 10.3. The van der Waals surface area contributed by atoms with Crippen molar-refractivity contribution in [1.29, 1.82) is 5.26 Å². The number of amides is 1. The molecule has 0 fully saturated rings. The third kappa shape index (κ3) is 6.30. The van der Waals surface area contributed by atoms with E-state index < -0.39 is 23.8 Å². The number of nitriles is 1. The van der Waals surface area contributed by atoms with Gasteiger partial charge in [-0.15, -0.1) is 0 Å². The molecule has 23 heavy (non-hydrogen) atoms. The van der Waals surface area contributed by atoms with Crippen LogP contribution in [0.2, 0.25) is 0 Å². The third-order valence-corrected chi connectivity index (χ3v) is 3.36. The minimum Gasteiger partial charge on any atom is -0.467 e. The van der Waals surface area contributed by atoms with Gasteiger partial charge in [-0.2, -0.15) is 5.26 Å². The van der Waals surface area contributed by atoms with Crippen molar-refractivity contribution < 1.29 is 19.1 Å². The smallest absolute Gasteiger partial charge is 0.328 e. The number of nitrogens with one attached hydrogen (secondary N) is 1. The van der Waals surface area contributed by atoms with E-state index in [1.54, 1.807) is 6.07 Å². The quantitative estimate of drug-likeness (QED) is 0.731. The molecule has 6 heteroatoms. The largest absolute Gasteiger partial charge is 0.467 e. The Kier molecular flexibility index (Phi) is 7.48. The molecular formula is C17H20N2O4. The van der Waals surface area contributed by atoms with Crippen molar-refractivity contribution in [3.05, 3.63) is 35.9 Å². The van der Waals surface area contributed by atoms with Gasteiger partial charge in [0.15, 0.2) is 0 Å². The third-order valence-electron chi connectivity index (χ3n) is 3.36. The zero-order valence-electron chi connectivity index (χ0n) is 13.2. The lowest BCUT2D eigenvalue weighted by molar-refractivity contribution is -0.145. The van der Waals surface area contributed by atoms with E-state index in [0.717, 1.165) is 5.56 Å². The first-order valence-electron chi connectivity index (χ1n) is 7.28. The van der Waals surface area contributed by atoms with Crippen molar-refractivity contribution in [1.82, 2.24) is 5.32 Å². The van der Waals surface area contributed by atoms with Gasteiger partial charge >= 0.3 is 5.97 Å². The number of methoxy groups -OCH3 is 1. The average Bonchev–Trinajstić information content (AvgIpc) is 2.54. The van der Waals surface area contributed by atoms with E-state index in [1.165, 1.54) is 14.0 Å². The number of nitrogens with zero attached hydrogens (tertiary/aromatic N) is 1. The molecule has 2 atom stereocenters. The van der Waals surface area contributed by atoms with Gasteiger partial charge < -0.3 is 10.1 Å². The summed E-state index contributed by atoms with van der Waals surface area (Å²) in [5.74, 6) is -1.89.